The highest BCUT2D eigenvalue weighted by atomic mass is 16.5. The fourth-order valence-corrected chi connectivity index (χ4v) is 4.95. The van der Waals surface area contributed by atoms with Gasteiger partial charge in [0.25, 0.3) is 5.91 Å². The molecule has 0 bridgehead atoms. The topological polar surface area (TPSA) is 105 Å². The summed E-state index contributed by atoms with van der Waals surface area (Å²) in [6.07, 6.45) is 8.67. The minimum atomic E-state index is -0.395. The van der Waals surface area contributed by atoms with Crippen molar-refractivity contribution >= 4 is 11.9 Å². The van der Waals surface area contributed by atoms with Crippen LogP contribution in [0.25, 0.3) is 0 Å². The second-order valence-electron chi connectivity index (χ2n) is 8.96. The molecule has 2 aromatic rings. The molecule has 1 saturated carbocycles. The summed E-state index contributed by atoms with van der Waals surface area (Å²) in [5, 5.41) is 3.55. The van der Waals surface area contributed by atoms with Gasteiger partial charge in [0.1, 0.15) is 0 Å². The van der Waals surface area contributed by atoms with E-state index >= 15 is 0 Å². The van der Waals surface area contributed by atoms with E-state index in [0.29, 0.717) is 23.5 Å². The van der Waals surface area contributed by atoms with Gasteiger partial charge in [0, 0.05) is 12.4 Å². The van der Waals surface area contributed by atoms with Gasteiger partial charge in [0.2, 0.25) is 5.95 Å². The van der Waals surface area contributed by atoms with Crippen molar-refractivity contribution in [3.63, 3.8) is 0 Å². The maximum Gasteiger partial charge on any atom is 0.268 e. The summed E-state index contributed by atoms with van der Waals surface area (Å²) in [5.74, 6) is 5.93. The van der Waals surface area contributed by atoms with Crippen LogP contribution in [0, 0.1) is 0 Å². The standard InChI is InChI=1S/C23H30N6O2/c24-28-21(30)18-12-25-22(26-13-18)27-23(7-2-8-23)19-4-1-3-17(11-19)16-5-9-29(10-6-16)20-14-31-15-20/h1,3-4,11-13,16,20H,2,5-10,14-15,24H2,(H,28,30)(H,25,26,27). The lowest BCUT2D eigenvalue weighted by Crippen LogP contribution is -2.51. The van der Waals surface area contributed by atoms with Crippen LogP contribution in [0.2, 0.25) is 0 Å². The average Bonchev–Trinajstić information content (AvgIpc) is 2.75. The van der Waals surface area contributed by atoms with Crippen LogP contribution in [0.15, 0.2) is 36.7 Å². The SMILES string of the molecule is NNC(=O)c1cnc(NC2(c3cccc(C4CCN(C5COC5)CC4)c3)CCC2)nc1. The number of carbonyl (C=O) groups is 1. The van der Waals surface area contributed by atoms with E-state index in [1.807, 2.05) is 0 Å². The molecule has 3 aliphatic rings. The van der Waals surface area contributed by atoms with E-state index in [-0.39, 0.29) is 5.54 Å². The van der Waals surface area contributed by atoms with Crippen LogP contribution in [-0.2, 0) is 10.3 Å². The summed E-state index contributed by atoms with van der Waals surface area (Å²) in [7, 11) is 0. The Bertz CT molecular complexity index is 918. The number of ether oxygens (including phenoxy) is 1. The van der Waals surface area contributed by atoms with Crippen molar-refractivity contribution < 1.29 is 9.53 Å². The number of carbonyl (C=O) groups excluding carboxylic acids is 1. The third-order valence-electron chi connectivity index (χ3n) is 7.18. The molecule has 3 fully saturated rings. The summed E-state index contributed by atoms with van der Waals surface area (Å²) in [5.41, 5.74) is 5.05. The van der Waals surface area contributed by atoms with Gasteiger partial charge in [-0.1, -0.05) is 24.3 Å². The van der Waals surface area contributed by atoms with E-state index in [1.54, 1.807) is 0 Å². The molecule has 164 valence electrons. The first kappa shape index (κ1) is 20.4. The number of benzene rings is 1. The average molecular weight is 423 g/mol. The molecule has 1 aromatic carbocycles. The highest BCUT2D eigenvalue weighted by Gasteiger charge is 2.40. The number of likely N-dealkylation sites (tertiary alicyclic amines) is 1. The predicted octanol–water partition coefficient (Wildman–Crippen LogP) is 2.15. The number of nitrogens with two attached hydrogens (primary N) is 1. The van der Waals surface area contributed by atoms with Crippen molar-refractivity contribution in [2.75, 3.05) is 31.6 Å². The van der Waals surface area contributed by atoms with Crippen LogP contribution in [0.1, 0.15) is 59.5 Å². The minimum Gasteiger partial charge on any atom is -0.378 e. The predicted molar refractivity (Wildman–Crippen MR) is 117 cm³/mol. The monoisotopic (exact) mass is 422 g/mol. The lowest BCUT2D eigenvalue weighted by atomic mass is 9.71. The molecule has 2 saturated heterocycles. The second kappa shape index (κ2) is 8.53. The number of hydrazine groups is 1. The van der Waals surface area contributed by atoms with Crippen LogP contribution in [-0.4, -0.2) is 53.1 Å². The van der Waals surface area contributed by atoms with Gasteiger partial charge in [0.05, 0.1) is 30.4 Å². The van der Waals surface area contributed by atoms with Crippen LogP contribution < -0.4 is 16.6 Å². The summed E-state index contributed by atoms with van der Waals surface area (Å²) in [4.78, 5) is 22.9. The number of nitrogen functional groups attached to an aromatic ring is 1. The highest BCUT2D eigenvalue weighted by molar-refractivity contribution is 5.93. The Morgan fingerprint density at radius 2 is 1.90 bits per heavy atom. The largest absolute Gasteiger partial charge is 0.378 e. The maximum atomic E-state index is 11.6. The number of amides is 1. The number of rotatable bonds is 6. The molecular formula is C23H30N6O2. The number of nitrogens with one attached hydrogen (secondary N) is 2. The first-order valence-electron chi connectivity index (χ1n) is 11.2. The number of hydrogen-bond donors (Lipinski definition) is 3. The third kappa shape index (κ3) is 4.03. The van der Waals surface area contributed by atoms with E-state index in [4.69, 9.17) is 10.6 Å². The van der Waals surface area contributed by atoms with Gasteiger partial charge in [-0.3, -0.25) is 15.1 Å². The fourth-order valence-electron chi connectivity index (χ4n) is 4.95. The molecule has 8 nitrogen and oxygen atoms in total. The van der Waals surface area contributed by atoms with Crippen molar-refractivity contribution in [3.05, 3.63) is 53.3 Å². The Morgan fingerprint density at radius 1 is 1.16 bits per heavy atom. The summed E-state index contributed by atoms with van der Waals surface area (Å²) in [6.45, 7) is 4.11. The second-order valence-corrected chi connectivity index (χ2v) is 8.96. The van der Waals surface area contributed by atoms with Gasteiger partial charge in [-0.15, -0.1) is 0 Å². The zero-order valence-electron chi connectivity index (χ0n) is 17.7. The minimum absolute atomic E-state index is 0.141. The zero-order valence-corrected chi connectivity index (χ0v) is 17.7. The normalized spacial score (nSPS) is 21.7. The van der Waals surface area contributed by atoms with Crippen LogP contribution in [0.5, 0.6) is 0 Å². The molecule has 0 spiro atoms. The Kier molecular flexibility index (Phi) is 5.60. The molecule has 1 aromatic heterocycles. The van der Waals surface area contributed by atoms with Gasteiger partial charge < -0.3 is 10.1 Å². The first-order chi connectivity index (χ1) is 15.2. The van der Waals surface area contributed by atoms with E-state index in [9.17, 15) is 4.79 Å². The molecule has 1 amide bonds. The fraction of sp³-hybridized carbons (Fsp3) is 0.522. The summed E-state index contributed by atoms with van der Waals surface area (Å²) >= 11 is 0. The number of hydrogen-bond acceptors (Lipinski definition) is 7. The maximum absolute atomic E-state index is 11.6. The molecule has 8 heteroatoms. The molecule has 5 rings (SSSR count). The summed E-state index contributed by atoms with van der Waals surface area (Å²) < 4.78 is 5.36. The Hall–Kier alpha value is -2.55. The number of aromatic nitrogens is 2. The molecule has 0 radical (unpaired) electrons. The van der Waals surface area contributed by atoms with Gasteiger partial charge in [-0.05, 0) is 62.2 Å². The highest BCUT2D eigenvalue weighted by Crippen LogP contribution is 2.44. The number of anilines is 1. The van der Waals surface area contributed by atoms with E-state index in [0.717, 1.165) is 39.1 Å². The van der Waals surface area contributed by atoms with Gasteiger partial charge >= 0.3 is 0 Å². The molecule has 31 heavy (non-hydrogen) atoms. The van der Waals surface area contributed by atoms with Crippen molar-refractivity contribution in [1.82, 2.24) is 20.3 Å². The van der Waals surface area contributed by atoms with Crippen molar-refractivity contribution in [1.29, 1.82) is 0 Å². The molecule has 0 unspecified atom stereocenters. The van der Waals surface area contributed by atoms with Crippen molar-refractivity contribution in [2.45, 2.75) is 49.6 Å². The molecule has 1 aliphatic carbocycles. The smallest absolute Gasteiger partial charge is 0.268 e. The van der Waals surface area contributed by atoms with Crippen LogP contribution in [0.4, 0.5) is 5.95 Å². The zero-order chi connectivity index (χ0) is 21.3. The molecule has 2 aliphatic heterocycles. The van der Waals surface area contributed by atoms with E-state index in [2.05, 4.69) is 49.9 Å². The lowest BCUT2D eigenvalue weighted by molar-refractivity contribution is -0.0712. The molecule has 3 heterocycles. The molecule has 0 atom stereocenters. The Labute approximate surface area is 182 Å². The van der Waals surface area contributed by atoms with Crippen molar-refractivity contribution in [2.24, 2.45) is 5.84 Å². The summed E-state index contributed by atoms with van der Waals surface area (Å²) in [6, 6.07) is 9.70. The van der Waals surface area contributed by atoms with Crippen LogP contribution >= 0.6 is 0 Å². The molecule has 4 N–H and O–H groups in total. The first-order valence-corrected chi connectivity index (χ1v) is 11.2. The van der Waals surface area contributed by atoms with Gasteiger partial charge in [0.15, 0.2) is 0 Å². The van der Waals surface area contributed by atoms with Crippen LogP contribution in [0.3, 0.4) is 0 Å². The molecular weight excluding hydrogens is 392 g/mol. The van der Waals surface area contributed by atoms with Crippen molar-refractivity contribution in [3.8, 4) is 0 Å². The van der Waals surface area contributed by atoms with Gasteiger partial charge in [-0.25, -0.2) is 15.8 Å². The number of piperidine rings is 1. The Balaban J connectivity index is 1.29. The third-order valence-corrected chi connectivity index (χ3v) is 7.18. The van der Waals surface area contributed by atoms with E-state index in [1.165, 1.54) is 42.8 Å². The van der Waals surface area contributed by atoms with E-state index < -0.39 is 5.91 Å². The quantitative estimate of drug-likeness (QED) is 0.372. The lowest BCUT2D eigenvalue weighted by Gasteiger charge is -2.44. The Morgan fingerprint density at radius 3 is 2.48 bits per heavy atom. The van der Waals surface area contributed by atoms with Gasteiger partial charge in [-0.2, -0.15) is 0 Å². The number of nitrogens with zero attached hydrogens (tertiary/aromatic N) is 3.